The summed E-state index contributed by atoms with van der Waals surface area (Å²) in [7, 11) is 0. The van der Waals surface area contributed by atoms with Crippen molar-refractivity contribution < 1.29 is 19.0 Å². The second kappa shape index (κ2) is 7.62. The van der Waals surface area contributed by atoms with Crippen LogP contribution in [0.25, 0.3) is 0 Å². The highest BCUT2D eigenvalue weighted by atomic mass is 16.5. The molecule has 5 nitrogen and oxygen atoms in total. The van der Waals surface area contributed by atoms with Crippen LogP contribution in [0.15, 0.2) is 43.0 Å². The number of carbonyl (C=O) groups is 1. The SMILES string of the molecule is C=CCO[C@@H]1CN(C(=O)COc2ccccc2)[C@H]2CCCO[C@@H]12. The molecule has 0 saturated carbocycles. The lowest BCUT2D eigenvalue weighted by Gasteiger charge is -2.32. The van der Waals surface area contributed by atoms with Gasteiger partial charge in [0.2, 0.25) is 0 Å². The zero-order valence-corrected chi connectivity index (χ0v) is 13.2. The Hall–Kier alpha value is -1.85. The van der Waals surface area contributed by atoms with E-state index >= 15 is 0 Å². The van der Waals surface area contributed by atoms with Crippen molar-refractivity contribution in [1.82, 2.24) is 4.90 Å². The molecule has 0 aromatic heterocycles. The number of amides is 1. The van der Waals surface area contributed by atoms with Crippen molar-refractivity contribution in [2.75, 3.05) is 26.4 Å². The highest BCUT2D eigenvalue weighted by Gasteiger charge is 2.46. The van der Waals surface area contributed by atoms with Crippen LogP contribution in [-0.2, 0) is 14.3 Å². The van der Waals surface area contributed by atoms with Gasteiger partial charge < -0.3 is 19.1 Å². The van der Waals surface area contributed by atoms with E-state index in [2.05, 4.69) is 6.58 Å². The summed E-state index contributed by atoms with van der Waals surface area (Å²) in [6.45, 7) is 5.48. The fraction of sp³-hybridized carbons (Fsp3) is 0.500. The molecule has 2 saturated heterocycles. The van der Waals surface area contributed by atoms with Gasteiger partial charge in [-0.15, -0.1) is 6.58 Å². The summed E-state index contributed by atoms with van der Waals surface area (Å²) in [5.74, 6) is 0.690. The molecule has 0 radical (unpaired) electrons. The van der Waals surface area contributed by atoms with E-state index in [1.54, 1.807) is 6.08 Å². The summed E-state index contributed by atoms with van der Waals surface area (Å²) in [6, 6.07) is 9.48. The van der Waals surface area contributed by atoms with Gasteiger partial charge in [-0.25, -0.2) is 0 Å². The Morgan fingerprint density at radius 2 is 2.22 bits per heavy atom. The number of benzene rings is 1. The van der Waals surface area contributed by atoms with E-state index in [4.69, 9.17) is 14.2 Å². The number of ether oxygens (including phenoxy) is 3. The standard InChI is InChI=1S/C18H23NO4/c1-2-10-21-16-12-19(15-9-6-11-22-18(15)16)17(20)13-23-14-7-4-3-5-8-14/h2-5,7-8,15-16,18H,1,6,9-13H2/t15-,16+,18+/m0/s1. The quantitative estimate of drug-likeness (QED) is 0.753. The highest BCUT2D eigenvalue weighted by Crippen LogP contribution is 2.30. The van der Waals surface area contributed by atoms with E-state index in [9.17, 15) is 4.79 Å². The predicted molar refractivity (Wildman–Crippen MR) is 86.3 cm³/mol. The van der Waals surface area contributed by atoms with Crippen molar-refractivity contribution in [1.29, 1.82) is 0 Å². The third kappa shape index (κ3) is 3.74. The minimum atomic E-state index is -0.0843. The monoisotopic (exact) mass is 317 g/mol. The number of carbonyl (C=O) groups excluding carboxylic acids is 1. The third-order valence-corrected chi connectivity index (χ3v) is 4.33. The molecule has 124 valence electrons. The fourth-order valence-corrected chi connectivity index (χ4v) is 3.28. The van der Waals surface area contributed by atoms with Crippen molar-refractivity contribution in [3.8, 4) is 5.75 Å². The number of fused-ring (bicyclic) bond motifs is 1. The van der Waals surface area contributed by atoms with Crippen LogP contribution >= 0.6 is 0 Å². The van der Waals surface area contributed by atoms with Gasteiger partial charge in [-0.1, -0.05) is 24.3 Å². The number of para-hydroxylation sites is 1. The van der Waals surface area contributed by atoms with E-state index in [0.29, 0.717) is 18.9 Å². The molecule has 0 N–H and O–H groups in total. The molecular formula is C18H23NO4. The van der Waals surface area contributed by atoms with Crippen LogP contribution in [0.2, 0.25) is 0 Å². The molecule has 23 heavy (non-hydrogen) atoms. The van der Waals surface area contributed by atoms with Crippen molar-refractivity contribution in [3.63, 3.8) is 0 Å². The normalized spacial score (nSPS) is 26.6. The predicted octanol–water partition coefficient (Wildman–Crippen LogP) is 2.03. The van der Waals surface area contributed by atoms with Crippen LogP contribution in [0.1, 0.15) is 12.8 Å². The average Bonchev–Trinajstić information content (AvgIpc) is 2.98. The Morgan fingerprint density at radius 3 is 3.00 bits per heavy atom. The summed E-state index contributed by atoms with van der Waals surface area (Å²) in [4.78, 5) is 14.4. The topological polar surface area (TPSA) is 48.0 Å². The number of rotatable bonds is 6. The Balaban J connectivity index is 1.61. The minimum absolute atomic E-state index is 0.0148. The molecule has 3 atom stereocenters. The molecule has 1 aromatic rings. The van der Waals surface area contributed by atoms with Gasteiger partial charge in [-0.3, -0.25) is 4.79 Å². The van der Waals surface area contributed by atoms with Crippen LogP contribution in [-0.4, -0.2) is 55.4 Å². The lowest BCUT2D eigenvalue weighted by molar-refractivity contribution is -0.136. The number of nitrogens with zero attached hydrogens (tertiary/aromatic N) is 1. The van der Waals surface area contributed by atoms with Gasteiger partial charge in [0, 0.05) is 6.61 Å². The summed E-state index contributed by atoms with van der Waals surface area (Å²) >= 11 is 0. The van der Waals surface area contributed by atoms with E-state index in [-0.39, 0.29) is 30.8 Å². The first kappa shape index (κ1) is 16.0. The van der Waals surface area contributed by atoms with Crippen LogP contribution in [0.3, 0.4) is 0 Å². The van der Waals surface area contributed by atoms with E-state index in [1.807, 2.05) is 35.2 Å². The maximum absolute atomic E-state index is 12.6. The van der Waals surface area contributed by atoms with E-state index in [1.165, 1.54) is 0 Å². The van der Waals surface area contributed by atoms with Gasteiger partial charge in [-0.2, -0.15) is 0 Å². The molecule has 2 heterocycles. The van der Waals surface area contributed by atoms with Crippen molar-refractivity contribution in [2.45, 2.75) is 31.1 Å². The summed E-state index contributed by atoms with van der Waals surface area (Å²) in [5, 5.41) is 0. The van der Waals surface area contributed by atoms with Crippen LogP contribution in [0.4, 0.5) is 0 Å². The summed E-state index contributed by atoms with van der Waals surface area (Å²) in [6.07, 6.45) is 3.53. The second-order valence-electron chi connectivity index (χ2n) is 5.85. The molecule has 3 rings (SSSR count). The average molecular weight is 317 g/mol. The Labute approximate surface area is 136 Å². The molecule has 2 fully saturated rings. The Bertz CT molecular complexity index is 533. The molecule has 0 aliphatic carbocycles. The van der Waals surface area contributed by atoms with Gasteiger partial charge in [0.15, 0.2) is 6.61 Å². The molecule has 1 aromatic carbocycles. The molecule has 0 bridgehead atoms. The molecule has 2 aliphatic rings. The van der Waals surface area contributed by atoms with Crippen LogP contribution in [0.5, 0.6) is 5.75 Å². The lowest BCUT2D eigenvalue weighted by atomic mass is 10.0. The lowest BCUT2D eigenvalue weighted by Crippen LogP contribution is -2.45. The minimum Gasteiger partial charge on any atom is -0.484 e. The maximum atomic E-state index is 12.6. The molecule has 5 heteroatoms. The van der Waals surface area contributed by atoms with Gasteiger partial charge in [0.05, 0.1) is 19.2 Å². The molecule has 0 spiro atoms. The molecular weight excluding hydrogens is 294 g/mol. The molecule has 1 amide bonds. The third-order valence-electron chi connectivity index (χ3n) is 4.33. The number of hydrogen-bond acceptors (Lipinski definition) is 4. The summed E-state index contributed by atoms with van der Waals surface area (Å²) in [5.41, 5.74) is 0. The van der Waals surface area contributed by atoms with E-state index in [0.717, 1.165) is 19.4 Å². The van der Waals surface area contributed by atoms with Crippen LogP contribution < -0.4 is 4.74 Å². The molecule has 0 unspecified atom stereocenters. The van der Waals surface area contributed by atoms with E-state index < -0.39 is 0 Å². The van der Waals surface area contributed by atoms with Gasteiger partial charge in [0.1, 0.15) is 18.0 Å². The highest BCUT2D eigenvalue weighted by molar-refractivity contribution is 5.78. The second-order valence-corrected chi connectivity index (χ2v) is 5.85. The van der Waals surface area contributed by atoms with Crippen molar-refractivity contribution in [2.24, 2.45) is 0 Å². The Morgan fingerprint density at radius 1 is 1.39 bits per heavy atom. The first-order chi connectivity index (χ1) is 11.3. The largest absolute Gasteiger partial charge is 0.484 e. The summed E-state index contributed by atoms with van der Waals surface area (Å²) < 4.78 is 17.2. The van der Waals surface area contributed by atoms with Gasteiger partial charge in [0.25, 0.3) is 5.91 Å². The molecule has 2 aliphatic heterocycles. The Kier molecular flexibility index (Phi) is 5.31. The first-order valence-electron chi connectivity index (χ1n) is 8.11. The van der Waals surface area contributed by atoms with Crippen LogP contribution in [0, 0.1) is 0 Å². The first-order valence-corrected chi connectivity index (χ1v) is 8.11. The van der Waals surface area contributed by atoms with Gasteiger partial charge in [-0.05, 0) is 25.0 Å². The van der Waals surface area contributed by atoms with Gasteiger partial charge >= 0.3 is 0 Å². The number of likely N-dealkylation sites (tertiary alicyclic amines) is 1. The number of hydrogen-bond donors (Lipinski definition) is 0. The maximum Gasteiger partial charge on any atom is 0.260 e. The van der Waals surface area contributed by atoms with Crippen molar-refractivity contribution in [3.05, 3.63) is 43.0 Å². The smallest absolute Gasteiger partial charge is 0.260 e. The fourth-order valence-electron chi connectivity index (χ4n) is 3.28. The zero-order valence-electron chi connectivity index (χ0n) is 13.2. The van der Waals surface area contributed by atoms with Crippen molar-refractivity contribution >= 4 is 5.91 Å². The zero-order chi connectivity index (χ0) is 16.1.